The SMILES string of the molecule is CCn1c(C)cc(C(=O)OCC(=O)Nc2cccc(C)c2)c1C. The molecule has 0 saturated heterocycles. The maximum Gasteiger partial charge on any atom is 0.340 e. The Hall–Kier alpha value is -2.56. The average Bonchev–Trinajstić information content (AvgIpc) is 2.79. The predicted octanol–water partition coefficient (Wildman–Crippen LogP) is 3.23. The maximum absolute atomic E-state index is 12.1. The van der Waals surface area contributed by atoms with Crippen LogP contribution in [0.2, 0.25) is 0 Å². The fourth-order valence-corrected chi connectivity index (χ4v) is 2.62. The summed E-state index contributed by atoms with van der Waals surface area (Å²) in [4.78, 5) is 24.0. The normalized spacial score (nSPS) is 10.4. The van der Waals surface area contributed by atoms with E-state index in [1.807, 2.05) is 50.5 Å². The van der Waals surface area contributed by atoms with E-state index in [-0.39, 0.29) is 12.5 Å². The Labute approximate surface area is 136 Å². The number of anilines is 1. The summed E-state index contributed by atoms with van der Waals surface area (Å²) in [6.07, 6.45) is 0. The van der Waals surface area contributed by atoms with E-state index >= 15 is 0 Å². The van der Waals surface area contributed by atoms with E-state index in [1.54, 1.807) is 12.1 Å². The van der Waals surface area contributed by atoms with Gasteiger partial charge in [0.15, 0.2) is 6.61 Å². The molecule has 2 rings (SSSR count). The fraction of sp³-hybridized carbons (Fsp3) is 0.333. The monoisotopic (exact) mass is 314 g/mol. The van der Waals surface area contributed by atoms with Gasteiger partial charge in [0.2, 0.25) is 0 Å². The second-order valence-electron chi connectivity index (χ2n) is 5.52. The topological polar surface area (TPSA) is 60.3 Å². The zero-order chi connectivity index (χ0) is 17.0. The van der Waals surface area contributed by atoms with Crippen LogP contribution in [0.5, 0.6) is 0 Å². The first-order chi connectivity index (χ1) is 10.9. The zero-order valence-corrected chi connectivity index (χ0v) is 14.0. The fourth-order valence-electron chi connectivity index (χ4n) is 2.62. The lowest BCUT2D eigenvalue weighted by molar-refractivity contribution is -0.119. The first kappa shape index (κ1) is 16.8. The number of aromatic nitrogens is 1. The molecule has 0 atom stereocenters. The van der Waals surface area contributed by atoms with Crippen LogP contribution >= 0.6 is 0 Å². The summed E-state index contributed by atoms with van der Waals surface area (Å²) in [5.74, 6) is -0.828. The van der Waals surface area contributed by atoms with Crippen molar-refractivity contribution in [3.05, 3.63) is 52.8 Å². The van der Waals surface area contributed by atoms with E-state index in [4.69, 9.17) is 4.74 Å². The second-order valence-corrected chi connectivity index (χ2v) is 5.52. The Morgan fingerprint density at radius 1 is 1.17 bits per heavy atom. The third kappa shape index (κ3) is 4.00. The summed E-state index contributed by atoms with van der Waals surface area (Å²) in [5, 5.41) is 2.71. The molecular formula is C18H22N2O3. The molecule has 5 nitrogen and oxygen atoms in total. The average molecular weight is 314 g/mol. The number of amides is 1. The molecule has 0 spiro atoms. The van der Waals surface area contributed by atoms with Crippen LogP contribution in [0, 0.1) is 20.8 Å². The minimum atomic E-state index is -0.475. The van der Waals surface area contributed by atoms with Crippen LogP contribution < -0.4 is 5.32 Å². The van der Waals surface area contributed by atoms with E-state index in [0.717, 1.165) is 23.5 Å². The van der Waals surface area contributed by atoms with Gasteiger partial charge in [0.25, 0.3) is 5.91 Å². The van der Waals surface area contributed by atoms with E-state index in [1.165, 1.54) is 0 Å². The van der Waals surface area contributed by atoms with Gasteiger partial charge in [-0.2, -0.15) is 0 Å². The molecule has 0 fully saturated rings. The standard InChI is InChI=1S/C18H22N2O3/c1-5-20-13(3)10-16(14(20)4)18(22)23-11-17(21)19-15-8-6-7-12(2)9-15/h6-10H,5,11H2,1-4H3,(H,19,21). The lowest BCUT2D eigenvalue weighted by atomic mass is 10.2. The van der Waals surface area contributed by atoms with Crippen LogP contribution in [-0.4, -0.2) is 23.1 Å². The van der Waals surface area contributed by atoms with E-state index in [9.17, 15) is 9.59 Å². The first-order valence-electron chi connectivity index (χ1n) is 7.62. The molecule has 1 aromatic heterocycles. The molecule has 2 aromatic rings. The van der Waals surface area contributed by atoms with Crippen molar-refractivity contribution < 1.29 is 14.3 Å². The summed E-state index contributed by atoms with van der Waals surface area (Å²) < 4.78 is 7.15. The number of carbonyl (C=O) groups is 2. The summed E-state index contributed by atoms with van der Waals surface area (Å²) in [5.41, 5.74) is 4.10. The van der Waals surface area contributed by atoms with Gasteiger partial charge in [0, 0.05) is 23.6 Å². The number of nitrogens with zero attached hydrogens (tertiary/aromatic N) is 1. The quantitative estimate of drug-likeness (QED) is 0.862. The van der Waals surface area contributed by atoms with Crippen LogP contribution in [0.25, 0.3) is 0 Å². The molecule has 23 heavy (non-hydrogen) atoms. The summed E-state index contributed by atoms with van der Waals surface area (Å²) in [7, 11) is 0. The van der Waals surface area contributed by atoms with Crippen LogP contribution in [0.4, 0.5) is 5.69 Å². The highest BCUT2D eigenvalue weighted by Crippen LogP contribution is 2.16. The van der Waals surface area contributed by atoms with Gasteiger partial charge in [0.1, 0.15) is 0 Å². The number of carbonyl (C=O) groups excluding carboxylic acids is 2. The van der Waals surface area contributed by atoms with Crippen molar-refractivity contribution in [1.29, 1.82) is 0 Å². The Morgan fingerprint density at radius 3 is 2.52 bits per heavy atom. The van der Waals surface area contributed by atoms with Crippen LogP contribution in [0.15, 0.2) is 30.3 Å². The molecule has 0 aliphatic rings. The Balaban J connectivity index is 1.95. The maximum atomic E-state index is 12.1. The Kier molecular flexibility index (Phi) is 5.21. The summed E-state index contributed by atoms with van der Waals surface area (Å²) >= 11 is 0. The molecular weight excluding hydrogens is 292 g/mol. The van der Waals surface area contributed by atoms with Crippen molar-refractivity contribution in [3.8, 4) is 0 Å². The van der Waals surface area contributed by atoms with Crippen molar-refractivity contribution in [1.82, 2.24) is 4.57 Å². The lowest BCUT2D eigenvalue weighted by Crippen LogP contribution is -2.21. The molecule has 1 aromatic carbocycles. The van der Waals surface area contributed by atoms with Crippen LogP contribution in [-0.2, 0) is 16.1 Å². The predicted molar refractivity (Wildman–Crippen MR) is 89.7 cm³/mol. The number of aryl methyl sites for hydroxylation is 2. The van der Waals surface area contributed by atoms with Gasteiger partial charge in [-0.05, 0) is 51.5 Å². The second kappa shape index (κ2) is 7.13. The Morgan fingerprint density at radius 2 is 1.91 bits per heavy atom. The summed E-state index contributed by atoms with van der Waals surface area (Å²) in [6, 6.07) is 9.24. The molecule has 122 valence electrons. The number of hydrogen-bond acceptors (Lipinski definition) is 3. The Bertz CT molecular complexity index is 732. The number of rotatable bonds is 5. The minimum absolute atomic E-state index is 0.303. The molecule has 0 aliphatic heterocycles. The molecule has 0 aliphatic carbocycles. The van der Waals surface area contributed by atoms with Gasteiger partial charge >= 0.3 is 5.97 Å². The van der Waals surface area contributed by atoms with Crippen LogP contribution in [0.3, 0.4) is 0 Å². The van der Waals surface area contributed by atoms with Gasteiger partial charge in [-0.1, -0.05) is 12.1 Å². The third-order valence-electron chi connectivity index (χ3n) is 3.75. The van der Waals surface area contributed by atoms with Gasteiger partial charge in [-0.3, -0.25) is 4.79 Å². The van der Waals surface area contributed by atoms with Crippen LogP contribution in [0.1, 0.15) is 34.2 Å². The number of nitrogens with one attached hydrogen (secondary N) is 1. The highest BCUT2D eigenvalue weighted by molar-refractivity contribution is 5.96. The van der Waals surface area contributed by atoms with Gasteiger partial charge in [0.05, 0.1) is 5.56 Å². The summed E-state index contributed by atoms with van der Waals surface area (Å²) in [6.45, 7) is 8.27. The molecule has 0 unspecified atom stereocenters. The number of ether oxygens (including phenoxy) is 1. The van der Waals surface area contributed by atoms with Crippen molar-refractivity contribution in [2.75, 3.05) is 11.9 Å². The lowest BCUT2D eigenvalue weighted by Gasteiger charge is -2.08. The largest absolute Gasteiger partial charge is 0.452 e. The van der Waals surface area contributed by atoms with Crippen molar-refractivity contribution in [2.45, 2.75) is 34.2 Å². The highest BCUT2D eigenvalue weighted by Gasteiger charge is 2.17. The van der Waals surface area contributed by atoms with Crippen molar-refractivity contribution >= 4 is 17.6 Å². The van der Waals surface area contributed by atoms with E-state index in [0.29, 0.717) is 11.3 Å². The number of hydrogen-bond donors (Lipinski definition) is 1. The molecule has 1 amide bonds. The molecule has 1 heterocycles. The smallest absolute Gasteiger partial charge is 0.340 e. The first-order valence-corrected chi connectivity index (χ1v) is 7.62. The van der Waals surface area contributed by atoms with Gasteiger partial charge in [-0.15, -0.1) is 0 Å². The number of benzene rings is 1. The zero-order valence-electron chi connectivity index (χ0n) is 14.0. The number of esters is 1. The molecule has 0 radical (unpaired) electrons. The molecule has 1 N–H and O–H groups in total. The van der Waals surface area contributed by atoms with Crippen molar-refractivity contribution in [3.63, 3.8) is 0 Å². The highest BCUT2D eigenvalue weighted by atomic mass is 16.5. The van der Waals surface area contributed by atoms with E-state index < -0.39 is 5.97 Å². The van der Waals surface area contributed by atoms with Crippen molar-refractivity contribution in [2.24, 2.45) is 0 Å². The minimum Gasteiger partial charge on any atom is -0.452 e. The molecule has 0 bridgehead atoms. The van der Waals surface area contributed by atoms with Gasteiger partial charge in [-0.25, -0.2) is 4.79 Å². The van der Waals surface area contributed by atoms with Gasteiger partial charge < -0.3 is 14.6 Å². The van der Waals surface area contributed by atoms with E-state index in [2.05, 4.69) is 5.32 Å². The molecule has 0 saturated carbocycles. The third-order valence-corrected chi connectivity index (χ3v) is 3.75. The molecule has 5 heteroatoms.